The zero-order valence-electron chi connectivity index (χ0n) is 17.0. The third-order valence-electron chi connectivity index (χ3n) is 5.26. The monoisotopic (exact) mass is 418 g/mol. The van der Waals surface area contributed by atoms with Gasteiger partial charge in [-0.05, 0) is 30.2 Å². The molecule has 1 aliphatic rings. The van der Waals surface area contributed by atoms with E-state index in [4.69, 9.17) is 4.74 Å². The number of benzene rings is 1. The Morgan fingerprint density at radius 1 is 1.13 bits per heavy atom. The number of hydrogen-bond acceptors (Lipinski definition) is 6. The standard InChI is InChI=1S/C23H22N4O4/c1-31-18-7-2-5-16(13-18)21(28)19-20(17-6-3-8-24-14-17)27(23(30)22(19)29)11-4-10-26-12-9-25-15-26/h2-3,5-9,12-15,20,28H,4,10-11H2,1H3/t20-/m0/s1. The van der Waals surface area contributed by atoms with Crippen molar-refractivity contribution in [1.29, 1.82) is 0 Å². The third kappa shape index (κ3) is 4.05. The molecule has 4 rings (SSSR count). The van der Waals surface area contributed by atoms with Crippen LogP contribution in [0.2, 0.25) is 0 Å². The first-order valence-corrected chi connectivity index (χ1v) is 9.88. The minimum atomic E-state index is -0.720. The molecule has 1 aromatic carbocycles. The van der Waals surface area contributed by atoms with Crippen LogP contribution in [0.1, 0.15) is 23.6 Å². The molecule has 8 heteroatoms. The summed E-state index contributed by atoms with van der Waals surface area (Å²) >= 11 is 0. The van der Waals surface area contributed by atoms with E-state index in [1.807, 2.05) is 10.8 Å². The van der Waals surface area contributed by atoms with Gasteiger partial charge in [-0.1, -0.05) is 18.2 Å². The molecular formula is C23H22N4O4. The van der Waals surface area contributed by atoms with Gasteiger partial charge >= 0.3 is 0 Å². The summed E-state index contributed by atoms with van der Waals surface area (Å²) in [5.41, 5.74) is 1.12. The summed E-state index contributed by atoms with van der Waals surface area (Å²) in [4.78, 5) is 35.6. The topological polar surface area (TPSA) is 97.6 Å². The summed E-state index contributed by atoms with van der Waals surface area (Å²) in [6, 6.07) is 9.57. The largest absolute Gasteiger partial charge is 0.507 e. The fraction of sp³-hybridized carbons (Fsp3) is 0.217. The number of ether oxygens (including phenoxy) is 1. The second kappa shape index (κ2) is 8.83. The molecular weight excluding hydrogens is 396 g/mol. The maximum atomic E-state index is 13.0. The first kappa shape index (κ1) is 20.3. The number of nitrogens with zero attached hydrogens (tertiary/aromatic N) is 4. The first-order chi connectivity index (χ1) is 15.1. The number of likely N-dealkylation sites (tertiary alicyclic amines) is 1. The van der Waals surface area contributed by atoms with Crippen LogP contribution < -0.4 is 4.74 Å². The van der Waals surface area contributed by atoms with Gasteiger partial charge in [-0.25, -0.2) is 4.98 Å². The summed E-state index contributed by atoms with van der Waals surface area (Å²) < 4.78 is 7.13. The van der Waals surface area contributed by atoms with Crippen LogP contribution in [-0.4, -0.2) is 49.9 Å². The molecule has 158 valence electrons. The quantitative estimate of drug-likeness (QED) is 0.360. The number of aliphatic hydroxyl groups is 1. The van der Waals surface area contributed by atoms with Gasteiger partial charge in [0.1, 0.15) is 11.5 Å². The van der Waals surface area contributed by atoms with Gasteiger partial charge in [0.05, 0.1) is 25.1 Å². The van der Waals surface area contributed by atoms with Crippen LogP contribution in [-0.2, 0) is 16.1 Å². The van der Waals surface area contributed by atoms with Crippen molar-refractivity contribution >= 4 is 17.4 Å². The molecule has 1 fully saturated rings. The zero-order valence-corrected chi connectivity index (χ0v) is 17.0. The molecule has 0 aliphatic carbocycles. The summed E-state index contributed by atoms with van der Waals surface area (Å²) in [5.74, 6) is -1.04. The maximum Gasteiger partial charge on any atom is 0.295 e. The smallest absolute Gasteiger partial charge is 0.295 e. The molecule has 1 atom stereocenters. The Morgan fingerprint density at radius 2 is 2.00 bits per heavy atom. The molecule has 3 heterocycles. The van der Waals surface area contributed by atoms with Gasteiger partial charge in [-0.3, -0.25) is 14.6 Å². The fourth-order valence-corrected chi connectivity index (χ4v) is 3.76. The summed E-state index contributed by atoms with van der Waals surface area (Å²) in [7, 11) is 1.52. The van der Waals surface area contributed by atoms with Gasteiger partial charge in [0, 0.05) is 43.4 Å². The Morgan fingerprint density at radius 3 is 2.71 bits per heavy atom. The van der Waals surface area contributed by atoms with E-state index in [1.165, 1.54) is 12.0 Å². The Bertz CT molecular complexity index is 1110. The van der Waals surface area contributed by atoms with Gasteiger partial charge < -0.3 is 19.3 Å². The minimum Gasteiger partial charge on any atom is -0.507 e. The molecule has 31 heavy (non-hydrogen) atoms. The number of ketones is 1. The normalized spacial score (nSPS) is 17.8. The van der Waals surface area contributed by atoms with Crippen molar-refractivity contribution in [3.63, 3.8) is 0 Å². The highest BCUT2D eigenvalue weighted by Crippen LogP contribution is 2.39. The number of aromatic nitrogens is 3. The number of amides is 1. The molecule has 0 saturated carbocycles. The van der Waals surface area contributed by atoms with E-state index in [0.717, 1.165) is 0 Å². The number of pyridine rings is 1. The second-order valence-corrected chi connectivity index (χ2v) is 7.16. The minimum absolute atomic E-state index is 0.0499. The number of imidazole rings is 1. The molecule has 3 aromatic rings. The summed E-state index contributed by atoms with van der Waals surface area (Å²) in [6.45, 7) is 0.996. The average Bonchev–Trinajstić information content (AvgIpc) is 3.41. The van der Waals surface area contributed by atoms with Crippen molar-refractivity contribution in [2.24, 2.45) is 0 Å². The molecule has 0 bridgehead atoms. The Balaban J connectivity index is 1.72. The molecule has 1 amide bonds. The van der Waals surface area contributed by atoms with Gasteiger partial charge in [-0.2, -0.15) is 0 Å². The van der Waals surface area contributed by atoms with Gasteiger partial charge in [0.25, 0.3) is 11.7 Å². The van der Waals surface area contributed by atoms with Crippen molar-refractivity contribution < 1.29 is 19.4 Å². The van der Waals surface area contributed by atoms with Crippen molar-refractivity contribution in [1.82, 2.24) is 19.4 Å². The number of Topliss-reactive ketones (excluding diaryl/α,β-unsaturated/α-hetero) is 1. The van der Waals surface area contributed by atoms with E-state index in [1.54, 1.807) is 61.3 Å². The fourth-order valence-electron chi connectivity index (χ4n) is 3.76. The Kier molecular flexibility index (Phi) is 5.79. The average molecular weight is 418 g/mol. The Hall–Kier alpha value is -3.94. The van der Waals surface area contributed by atoms with E-state index in [0.29, 0.717) is 36.4 Å². The molecule has 8 nitrogen and oxygen atoms in total. The lowest BCUT2D eigenvalue weighted by molar-refractivity contribution is -0.139. The zero-order chi connectivity index (χ0) is 21.8. The SMILES string of the molecule is COc1cccc(C(O)=C2C(=O)C(=O)N(CCCn3ccnc3)[C@H]2c2cccnc2)c1. The van der Waals surface area contributed by atoms with Crippen LogP contribution in [0.4, 0.5) is 0 Å². The maximum absolute atomic E-state index is 13.0. The van der Waals surface area contributed by atoms with E-state index < -0.39 is 17.7 Å². The van der Waals surface area contributed by atoms with Crippen LogP contribution in [0, 0.1) is 0 Å². The highest BCUT2D eigenvalue weighted by atomic mass is 16.5. The molecule has 0 spiro atoms. The number of aliphatic hydroxyl groups excluding tert-OH is 1. The molecule has 0 radical (unpaired) electrons. The highest BCUT2D eigenvalue weighted by Gasteiger charge is 2.45. The van der Waals surface area contributed by atoms with Crippen molar-refractivity contribution in [3.8, 4) is 5.75 Å². The van der Waals surface area contributed by atoms with Crippen molar-refractivity contribution in [3.05, 3.63) is 84.2 Å². The Labute approximate surface area is 179 Å². The number of carbonyl (C=O) groups is 2. The van der Waals surface area contributed by atoms with Crippen LogP contribution in [0.25, 0.3) is 5.76 Å². The summed E-state index contributed by atoms with van der Waals surface area (Å²) in [6.07, 6.45) is 9.09. The van der Waals surface area contributed by atoms with Gasteiger partial charge in [0.2, 0.25) is 0 Å². The molecule has 1 aliphatic heterocycles. The molecule has 1 N–H and O–H groups in total. The number of hydrogen-bond donors (Lipinski definition) is 1. The lowest BCUT2D eigenvalue weighted by Gasteiger charge is -2.25. The van der Waals surface area contributed by atoms with E-state index in [-0.39, 0.29) is 11.3 Å². The highest BCUT2D eigenvalue weighted by molar-refractivity contribution is 6.46. The molecule has 0 unspecified atom stereocenters. The van der Waals surface area contributed by atoms with E-state index >= 15 is 0 Å². The van der Waals surface area contributed by atoms with Gasteiger partial charge in [-0.15, -0.1) is 0 Å². The third-order valence-corrected chi connectivity index (χ3v) is 5.26. The van der Waals surface area contributed by atoms with Crippen LogP contribution in [0.5, 0.6) is 5.75 Å². The van der Waals surface area contributed by atoms with Crippen LogP contribution in [0.3, 0.4) is 0 Å². The van der Waals surface area contributed by atoms with Gasteiger partial charge in [0.15, 0.2) is 0 Å². The number of aryl methyl sites for hydroxylation is 1. The number of carbonyl (C=O) groups excluding carboxylic acids is 2. The number of methoxy groups -OCH3 is 1. The van der Waals surface area contributed by atoms with Crippen LogP contribution in [0.15, 0.2) is 73.1 Å². The lowest BCUT2D eigenvalue weighted by Crippen LogP contribution is -2.31. The molecule has 2 aromatic heterocycles. The predicted molar refractivity (Wildman–Crippen MR) is 113 cm³/mol. The number of rotatable bonds is 7. The van der Waals surface area contributed by atoms with E-state index in [2.05, 4.69) is 9.97 Å². The van der Waals surface area contributed by atoms with E-state index in [9.17, 15) is 14.7 Å². The predicted octanol–water partition coefficient (Wildman–Crippen LogP) is 2.80. The van der Waals surface area contributed by atoms with Crippen molar-refractivity contribution in [2.75, 3.05) is 13.7 Å². The molecule has 1 saturated heterocycles. The second-order valence-electron chi connectivity index (χ2n) is 7.16. The van der Waals surface area contributed by atoms with Crippen molar-refractivity contribution in [2.45, 2.75) is 19.0 Å². The lowest BCUT2D eigenvalue weighted by atomic mass is 9.96. The first-order valence-electron chi connectivity index (χ1n) is 9.88. The van der Waals surface area contributed by atoms with Crippen LogP contribution >= 0.6 is 0 Å². The summed E-state index contributed by atoms with van der Waals surface area (Å²) in [5, 5.41) is 11.0.